The van der Waals surface area contributed by atoms with Gasteiger partial charge < -0.3 is 10.1 Å². The summed E-state index contributed by atoms with van der Waals surface area (Å²) >= 11 is 0. The monoisotopic (exact) mass is 289 g/mol. The molecule has 2 heteroatoms. The van der Waals surface area contributed by atoms with Crippen LogP contribution in [0.4, 0.5) is 0 Å². The zero-order valence-electron chi connectivity index (χ0n) is 14.1. The fraction of sp³-hybridized carbons (Fsp3) is 0.684. The third-order valence-corrected chi connectivity index (χ3v) is 4.51. The molecule has 1 aliphatic carbocycles. The van der Waals surface area contributed by atoms with Gasteiger partial charge in [-0.2, -0.15) is 0 Å². The molecule has 21 heavy (non-hydrogen) atoms. The van der Waals surface area contributed by atoms with E-state index in [1.807, 2.05) is 0 Å². The average molecular weight is 289 g/mol. The van der Waals surface area contributed by atoms with Gasteiger partial charge >= 0.3 is 0 Å². The largest absolute Gasteiger partial charge is 0.489 e. The second-order valence-electron chi connectivity index (χ2n) is 6.85. The minimum atomic E-state index is 0.216. The summed E-state index contributed by atoms with van der Waals surface area (Å²) in [4.78, 5) is 0. The molecular formula is C19H31NO. The van der Waals surface area contributed by atoms with Crippen LogP contribution in [0.1, 0.15) is 69.9 Å². The molecule has 2 nitrogen and oxygen atoms in total. The highest BCUT2D eigenvalue weighted by atomic mass is 16.5. The third kappa shape index (κ3) is 5.03. The molecule has 1 saturated carbocycles. The lowest BCUT2D eigenvalue weighted by atomic mass is 9.95. The molecule has 0 spiro atoms. The standard InChI is InChI=1S/C19H31NO/c1-14(2)17-11-10-15(3)19(12-17)21-16(4)13-20-18-8-6-5-7-9-18/h10-12,14,16,18,20H,5-9,13H2,1-4H3. The van der Waals surface area contributed by atoms with Crippen molar-refractivity contribution in [3.8, 4) is 5.75 Å². The predicted molar refractivity (Wildman–Crippen MR) is 90.2 cm³/mol. The van der Waals surface area contributed by atoms with Gasteiger partial charge in [0.2, 0.25) is 0 Å². The summed E-state index contributed by atoms with van der Waals surface area (Å²) in [5.74, 6) is 1.59. The topological polar surface area (TPSA) is 21.3 Å². The van der Waals surface area contributed by atoms with E-state index in [2.05, 4.69) is 51.2 Å². The first-order valence-electron chi connectivity index (χ1n) is 8.57. The zero-order chi connectivity index (χ0) is 15.2. The number of ether oxygens (including phenoxy) is 1. The molecule has 0 heterocycles. The minimum Gasteiger partial charge on any atom is -0.489 e. The Kier molecular flexibility index (Phi) is 6.10. The fourth-order valence-electron chi connectivity index (χ4n) is 3.00. The van der Waals surface area contributed by atoms with E-state index in [0.29, 0.717) is 12.0 Å². The molecule has 1 fully saturated rings. The van der Waals surface area contributed by atoms with Crippen molar-refractivity contribution in [2.45, 2.75) is 77.9 Å². The summed E-state index contributed by atoms with van der Waals surface area (Å²) in [6.07, 6.45) is 7.03. The lowest BCUT2D eigenvalue weighted by molar-refractivity contribution is 0.204. The van der Waals surface area contributed by atoms with Gasteiger partial charge in [0.05, 0.1) is 0 Å². The molecule has 118 valence electrons. The van der Waals surface area contributed by atoms with Crippen molar-refractivity contribution in [1.29, 1.82) is 0 Å². The molecule has 1 atom stereocenters. The van der Waals surface area contributed by atoms with E-state index in [0.717, 1.165) is 12.3 Å². The van der Waals surface area contributed by atoms with Crippen LogP contribution in [0, 0.1) is 6.92 Å². The van der Waals surface area contributed by atoms with Gasteiger partial charge in [-0.1, -0.05) is 45.2 Å². The SMILES string of the molecule is Cc1ccc(C(C)C)cc1OC(C)CNC1CCCCC1. The maximum absolute atomic E-state index is 6.16. The van der Waals surface area contributed by atoms with Gasteiger partial charge in [-0.3, -0.25) is 0 Å². The molecule has 0 amide bonds. The van der Waals surface area contributed by atoms with Gasteiger partial charge in [0.1, 0.15) is 11.9 Å². The summed E-state index contributed by atoms with van der Waals surface area (Å²) < 4.78 is 6.16. The molecule has 0 bridgehead atoms. The van der Waals surface area contributed by atoms with Gasteiger partial charge in [-0.05, 0) is 49.8 Å². The molecule has 1 aromatic carbocycles. The average Bonchev–Trinajstić information content (AvgIpc) is 2.48. The van der Waals surface area contributed by atoms with E-state index < -0.39 is 0 Å². The summed E-state index contributed by atoms with van der Waals surface area (Å²) in [5.41, 5.74) is 2.58. The van der Waals surface area contributed by atoms with E-state index in [1.165, 1.54) is 43.2 Å². The molecule has 1 aromatic rings. The highest BCUT2D eigenvalue weighted by Gasteiger charge is 2.15. The lowest BCUT2D eigenvalue weighted by Crippen LogP contribution is -2.37. The van der Waals surface area contributed by atoms with Crippen LogP contribution in [0.5, 0.6) is 5.75 Å². The Morgan fingerprint density at radius 2 is 1.86 bits per heavy atom. The number of benzene rings is 1. The Morgan fingerprint density at radius 1 is 1.14 bits per heavy atom. The molecule has 0 aliphatic heterocycles. The first-order chi connectivity index (χ1) is 10.1. The predicted octanol–water partition coefficient (Wildman–Crippen LogP) is 4.81. The second kappa shape index (κ2) is 7.84. The van der Waals surface area contributed by atoms with Crippen molar-refractivity contribution in [2.24, 2.45) is 0 Å². The first-order valence-corrected chi connectivity index (χ1v) is 8.57. The number of hydrogen-bond donors (Lipinski definition) is 1. The fourth-order valence-corrected chi connectivity index (χ4v) is 3.00. The van der Waals surface area contributed by atoms with Crippen LogP contribution in [-0.2, 0) is 0 Å². The number of hydrogen-bond acceptors (Lipinski definition) is 2. The number of nitrogens with one attached hydrogen (secondary N) is 1. The van der Waals surface area contributed by atoms with Crippen LogP contribution in [0.3, 0.4) is 0 Å². The number of rotatable bonds is 6. The van der Waals surface area contributed by atoms with Gasteiger partial charge in [0.25, 0.3) is 0 Å². The van der Waals surface area contributed by atoms with E-state index >= 15 is 0 Å². The van der Waals surface area contributed by atoms with Crippen LogP contribution in [0.15, 0.2) is 18.2 Å². The normalized spacial score (nSPS) is 18.0. The maximum Gasteiger partial charge on any atom is 0.122 e. The maximum atomic E-state index is 6.16. The van der Waals surface area contributed by atoms with Crippen LogP contribution < -0.4 is 10.1 Å². The van der Waals surface area contributed by atoms with Crippen molar-refractivity contribution in [3.63, 3.8) is 0 Å². The Bertz CT molecular complexity index is 435. The second-order valence-corrected chi connectivity index (χ2v) is 6.85. The molecule has 1 unspecified atom stereocenters. The molecule has 0 radical (unpaired) electrons. The quantitative estimate of drug-likeness (QED) is 0.811. The van der Waals surface area contributed by atoms with Crippen LogP contribution >= 0.6 is 0 Å². The van der Waals surface area contributed by atoms with E-state index in [-0.39, 0.29) is 6.10 Å². The van der Waals surface area contributed by atoms with E-state index in [1.54, 1.807) is 0 Å². The summed E-state index contributed by atoms with van der Waals surface area (Å²) in [6.45, 7) is 9.68. The van der Waals surface area contributed by atoms with Crippen molar-refractivity contribution in [3.05, 3.63) is 29.3 Å². The van der Waals surface area contributed by atoms with Gasteiger partial charge in [0.15, 0.2) is 0 Å². The molecule has 1 N–H and O–H groups in total. The van der Waals surface area contributed by atoms with Crippen molar-refractivity contribution in [2.75, 3.05) is 6.54 Å². The van der Waals surface area contributed by atoms with Crippen molar-refractivity contribution in [1.82, 2.24) is 5.32 Å². The molecule has 0 saturated heterocycles. The van der Waals surface area contributed by atoms with E-state index in [9.17, 15) is 0 Å². The Hall–Kier alpha value is -1.02. The van der Waals surface area contributed by atoms with Crippen molar-refractivity contribution < 1.29 is 4.74 Å². The third-order valence-electron chi connectivity index (χ3n) is 4.51. The molecule has 1 aliphatic rings. The van der Waals surface area contributed by atoms with Crippen molar-refractivity contribution >= 4 is 0 Å². The summed E-state index contributed by atoms with van der Waals surface area (Å²) in [7, 11) is 0. The minimum absolute atomic E-state index is 0.216. The van der Waals surface area contributed by atoms with Gasteiger partial charge in [0, 0.05) is 12.6 Å². The van der Waals surface area contributed by atoms with Gasteiger partial charge in [-0.15, -0.1) is 0 Å². The smallest absolute Gasteiger partial charge is 0.122 e. The molecule has 0 aromatic heterocycles. The van der Waals surface area contributed by atoms with Crippen LogP contribution in [0.25, 0.3) is 0 Å². The Balaban J connectivity index is 1.86. The Morgan fingerprint density at radius 3 is 2.52 bits per heavy atom. The molecular weight excluding hydrogens is 258 g/mol. The zero-order valence-corrected chi connectivity index (χ0v) is 14.1. The summed E-state index contributed by atoms with van der Waals surface area (Å²) in [5, 5.41) is 3.67. The van der Waals surface area contributed by atoms with Crippen LogP contribution in [0.2, 0.25) is 0 Å². The first kappa shape index (κ1) is 16.4. The highest BCUT2D eigenvalue weighted by molar-refractivity contribution is 5.37. The van der Waals surface area contributed by atoms with Gasteiger partial charge in [-0.25, -0.2) is 0 Å². The van der Waals surface area contributed by atoms with E-state index in [4.69, 9.17) is 4.74 Å². The highest BCUT2D eigenvalue weighted by Crippen LogP contribution is 2.25. The lowest BCUT2D eigenvalue weighted by Gasteiger charge is -2.25. The Labute approximate surface area is 130 Å². The molecule has 2 rings (SSSR count). The van der Waals surface area contributed by atoms with Crippen LogP contribution in [-0.4, -0.2) is 18.7 Å². The number of aryl methyl sites for hydroxylation is 1. The summed E-state index contributed by atoms with van der Waals surface area (Å²) in [6, 6.07) is 7.29.